The second-order valence-electron chi connectivity index (χ2n) is 4.20. The highest BCUT2D eigenvalue weighted by molar-refractivity contribution is 6.31. The molecule has 0 bridgehead atoms. The van der Waals surface area contributed by atoms with Crippen LogP contribution in [-0.2, 0) is 6.42 Å². The number of nitrogens with two attached hydrogens (primary N) is 1. The second-order valence-corrected chi connectivity index (χ2v) is 4.61. The molecule has 0 unspecified atom stereocenters. The molecule has 72 valence electrons. The summed E-state index contributed by atoms with van der Waals surface area (Å²) in [5.74, 6) is 0. The molecule has 0 fully saturated rings. The number of hydrogen-bond acceptors (Lipinski definition) is 1. The first-order valence-corrected chi connectivity index (χ1v) is 4.81. The van der Waals surface area contributed by atoms with Gasteiger partial charge in [0.1, 0.15) is 0 Å². The summed E-state index contributed by atoms with van der Waals surface area (Å²) in [7, 11) is 0. The average molecular weight is 198 g/mol. The molecule has 1 rings (SSSR count). The van der Waals surface area contributed by atoms with E-state index in [1.807, 2.05) is 26.0 Å². The fourth-order valence-electron chi connectivity index (χ4n) is 1.35. The van der Waals surface area contributed by atoms with Crippen molar-refractivity contribution in [2.75, 3.05) is 0 Å². The summed E-state index contributed by atoms with van der Waals surface area (Å²) in [6, 6.07) is 5.94. The Labute approximate surface area is 84.9 Å². The van der Waals surface area contributed by atoms with E-state index < -0.39 is 0 Å². The van der Waals surface area contributed by atoms with Gasteiger partial charge in [0, 0.05) is 10.6 Å². The Balaban J connectivity index is 3.00. The molecule has 2 heteroatoms. The van der Waals surface area contributed by atoms with E-state index in [2.05, 4.69) is 13.0 Å². The van der Waals surface area contributed by atoms with Gasteiger partial charge in [-0.2, -0.15) is 0 Å². The Kier molecular flexibility index (Phi) is 2.99. The van der Waals surface area contributed by atoms with E-state index in [-0.39, 0.29) is 5.54 Å². The van der Waals surface area contributed by atoms with E-state index in [9.17, 15) is 0 Å². The fourth-order valence-corrected chi connectivity index (χ4v) is 1.63. The van der Waals surface area contributed by atoms with Gasteiger partial charge in [-0.3, -0.25) is 0 Å². The van der Waals surface area contributed by atoms with E-state index in [0.717, 1.165) is 17.0 Å². The predicted octanol–water partition coefficient (Wildman–Crippen LogP) is 2.93. The van der Waals surface area contributed by atoms with Crippen molar-refractivity contribution in [1.82, 2.24) is 0 Å². The number of rotatable bonds is 2. The Morgan fingerprint density at radius 3 is 2.46 bits per heavy atom. The minimum atomic E-state index is -0.199. The van der Waals surface area contributed by atoms with Crippen LogP contribution >= 0.6 is 11.6 Å². The van der Waals surface area contributed by atoms with Crippen LogP contribution in [0, 0.1) is 6.92 Å². The zero-order valence-electron chi connectivity index (χ0n) is 8.39. The predicted molar refractivity (Wildman–Crippen MR) is 58.2 cm³/mol. The van der Waals surface area contributed by atoms with Gasteiger partial charge >= 0.3 is 0 Å². The number of benzene rings is 1. The summed E-state index contributed by atoms with van der Waals surface area (Å²) in [5, 5.41) is 0.818. The molecule has 0 aliphatic rings. The van der Waals surface area contributed by atoms with Gasteiger partial charge in [0.25, 0.3) is 0 Å². The highest BCUT2D eigenvalue weighted by Gasteiger charge is 2.15. The van der Waals surface area contributed by atoms with Crippen LogP contribution in [-0.4, -0.2) is 5.54 Å². The summed E-state index contributed by atoms with van der Waals surface area (Å²) in [4.78, 5) is 0. The highest BCUT2D eigenvalue weighted by Crippen LogP contribution is 2.23. The normalized spacial score (nSPS) is 11.8. The highest BCUT2D eigenvalue weighted by atomic mass is 35.5. The first-order valence-electron chi connectivity index (χ1n) is 4.43. The van der Waals surface area contributed by atoms with Crippen molar-refractivity contribution in [3.05, 3.63) is 34.3 Å². The zero-order valence-corrected chi connectivity index (χ0v) is 9.15. The molecule has 0 radical (unpaired) electrons. The standard InChI is InChI=1S/C11H16ClN/c1-8-5-4-6-10(12)9(8)7-11(2,3)13/h4-6H,7,13H2,1-3H3. The van der Waals surface area contributed by atoms with Gasteiger partial charge in [-0.25, -0.2) is 0 Å². The quantitative estimate of drug-likeness (QED) is 0.775. The van der Waals surface area contributed by atoms with E-state index in [1.165, 1.54) is 5.56 Å². The van der Waals surface area contributed by atoms with E-state index in [0.29, 0.717) is 0 Å². The third kappa shape index (κ3) is 3.02. The molecule has 0 aliphatic carbocycles. The van der Waals surface area contributed by atoms with Gasteiger partial charge < -0.3 is 5.73 Å². The maximum absolute atomic E-state index is 6.08. The summed E-state index contributed by atoms with van der Waals surface area (Å²) < 4.78 is 0. The maximum atomic E-state index is 6.08. The van der Waals surface area contributed by atoms with Gasteiger partial charge in [-0.05, 0) is 44.4 Å². The molecule has 0 aromatic heterocycles. The number of aryl methyl sites for hydroxylation is 1. The molecule has 0 saturated heterocycles. The lowest BCUT2D eigenvalue weighted by atomic mass is 9.93. The Hall–Kier alpha value is -0.530. The molecule has 13 heavy (non-hydrogen) atoms. The van der Waals surface area contributed by atoms with Crippen LogP contribution < -0.4 is 5.73 Å². The first kappa shape index (κ1) is 10.6. The zero-order chi connectivity index (χ0) is 10.1. The summed E-state index contributed by atoms with van der Waals surface area (Å²) in [6.07, 6.45) is 0.818. The maximum Gasteiger partial charge on any atom is 0.0441 e. The van der Waals surface area contributed by atoms with Crippen LogP contribution in [0.4, 0.5) is 0 Å². The molecule has 0 spiro atoms. The van der Waals surface area contributed by atoms with E-state index in [1.54, 1.807) is 0 Å². The molecule has 0 atom stereocenters. The third-order valence-corrected chi connectivity index (χ3v) is 2.34. The third-order valence-electron chi connectivity index (χ3n) is 1.99. The van der Waals surface area contributed by atoms with Gasteiger partial charge in [-0.1, -0.05) is 23.7 Å². The van der Waals surface area contributed by atoms with Crippen molar-refractivity contribution >= 4 is 11.6 Å². The van der Waals surface area contributed by atoms with Crippen LogP contribution in [0.5, 0.6) is 0 Å². The lowest BCUT2D eigenvalue weighted by Gasteiger charge is -2.20. The van der Waals surface area contributed by atoms with E-state index in [4.69, 9.17) is 17.3 Å². The Morgan fingerprint density at radius 2 is 2.00 bits per heavy atom. The van der Waals surface area contributed by atoms with Crippen LogP contribution in [0.3, 0.4) is 0 Å². The topological polar surface area (TPSA) is 26.0 Å². The number of hydrogen-bond donors (Lipinski definition) is 1. The lowest BCUT2D eigenvalue weighted by Crippen LogP contribution is -2.34. The molecule has 0 heterocycles. The van der Waals surface area contributed by atoms with Crippen LogP contribution in [0.1, 0.15) is 25.0 Å². The SMILES string of the molecule is Cc1cccc(Cl)c1CC(C)(C)N. The molecule has 0 saturated carbocycles. The van der Waals surface area contributed by atoms with Crippen LogP contribution in [0.2, 0.25) is 5.02 Å². The first-order chi connectivity index (χ1) is 5.90. The molecule has 1 nitrogen and oxygen atoms in total. The smallest absolute Gasteiger partial charge is 0.0441 e. The van der Waals surface area contributed by atoms with Crippen LogP contribution in [0.15, 0.2) is 18.2 Å². The molecular weight excluding hydrogens is 182 g/mol. The number of halogens is 1. The second kappa shape index (κ2) is 3.69. The van der Waals surface area contributed by atoms with Crippen molar-refractivity contribution in [3.8, 4) is 0 Å². The molecule has 0 amide bonds. The fraction of sp³-hybridized carbons (Fsp3) is 0.455. The van der Waals surface area contributed by atoms with Crippen molar-refractivity contribution in [2.24, 2.45) is 5.73 Å². The van der Waals surface area contributed by atoms with Gasteiger partial charge in [0.2, 0.25) is 0 Å². The largest absolute Gasteiger partial charge is 0.325 e. The van der Waals surface area contributed by atoms with Gasteiger partial charge in [0.05, 0.1) is 0 Å². The molecule has 1 aromatic carbocycles. The summed E-state index contributed by atoms with van der Waals surface area (Å²) >= 11 is 6.08. The molecule has 2 N–H and O–H groups in total. The lowest BCUT2D eigenvalue weighted by molar-refractivity contribution is 0.515. The average Bonchev–Trinajstić information content (AvgIpc) is 1.95. The van der Waals surface area contributed by atoms with Crippen molar-refractivity contribution in [2.45, 2.75) is 32.7 Å². The van der Waals surface area contributed by atoms with Crippen molar-refractivity contribution in [3.63, 3.8) is 0 Å². The minimum absolute atomic E-state index is 0.199. The monoisotopic (exact) mass is 197 g/mol. The summed E-state index contributed by atoms with van der Waals surface area (Å²) in [5.41, 5.74) is 8.13. The Morgan fingerprint density at radius 1 is 1.38 bits per heavy atom. The minimum Gasteiger partial charge on any atom is -0.325 e. The van der Waals surface area contributed by atoms with Crippen LogP contribution in [0.25, 0.3) is 0 Å². The summed E-state index contributed by atoms with van der Waals surface area (Å²) in [6.45, 7) is 6.08. The van der Waals surface area contributed by atoms with Gasteiger partial charge in [0.15, 0.2) is 0 Å². The Bertz CT molecular complexity index is 279. The van der Waals surface area contributed by atoms with Gasteiger partial charge in [-0.15, -0.1) is 0 Å². The molecule has 1 aromatic rings. The molecule has 0 aliphatic heterocycles. The van der Waals surface area contributed by atoms with Crippen molar-refractivity contribution in [1.29, 1.82) is 0 Å². The van der Waals surface area contributed by atoms with Crippen molar-refractivity contribution < 1.29 is 0 Å². The van der Waals surface area contributed by atoms with E-state index >= 15 is 0 Å². The molecular formula is C11H16ClN.